The minimum absolute atomic E-state index is 0. The molecule has 17 heavy (non-hydrogen) atoms. The summed E-state index contributed by atoms with van der Waals surface area (Å²) in [5, 5.41) is 3.43. The first-order valence-electron chi connectivity index (χ1n) is 5.46. The molecule has 0 fully saturated rings. The summed E-state index contributed by atoms with van der Waals surface area (Å²) in [6.07, 6.45) is 0. The van der Waals surface area contributed by atoms with Gasteiger partial charge in [0, 0.05) is 25.1 Å². The normalized spacial score (nSPS) is 9.12. The Morgan fingerprint density at radius 3 is 2.18 bits per heavy atom. The molecule has 2 aromatic rings. The van der Waals surface area contributed by atoms with E-state index in [1.54, 1.807) is 24.3 Å². The molecular formula is C12H16N2O2V. The van der Waals surface area contributed by atoms with Gasteiger partial charge < -0.3 is 0 Å². The quantitative estimate of drug-likeness (QED) is 0.858. The molecule has 0 bridgehead atoms. The molecule has 1 heterocycles. The van der Waals surface area contributed by atoms with Crippen molar-refractivity contribution in [2.24, 2.45) is 0 Å². The summed E-state index contributed by atoms with van der Waals surface area (Å²) in [6, 6.07) is 6.81. The third-order valence-corrected chi connectivity index (χ3v) is 2.20. The van der Waals surface area contributed by atoms with Gasteiger partial charge in [-0.3, -0.25) is 14.7 Å². The van der Waals surface area contributed by atoms with Crippen LogP contribution in [0.25, 0.3) is 10.8 Å². The molecule has 91 valence electrons. The SMILES string of the molecule is CC.CCn1[nH]c(=O)c2ccccc2c1=O.[V]. The van der Waals surface area contributed by atoms with Crippen molar-refractivity contribution in [2.45, 2.75) is 27.3 Å². The molecule has 0 aliphatic rings. The standard InChI is InChI=1S/C10H10N2O2.C2H6.V/c1-2-12-10(14)8-6-4-3-5-7(8)9(13)11-12;1-2;/h3-6H,2H2,1H3,(H,11,13);1-2H3;. The largest absolute Gasteiger partial charge is 0.273 e. The minimum atomic E-state index is -0.220. The topological polar surface area (TPSA) is 54.9 Å². The van der Waals surface area contributed by atoms with Crippen LogP contribution < -0.4 is 11.1 Å². The van der Waals surface area contributed by atoms with Crippen molar-refractivity contribution in [2.75, 3.05) is 0 Å². The second-order valence-electron chi connectivity index (χ2n) is 3.04. The number of nitrogens with zero attached hydrogens (tertiary/aromatic N) is 1. The van der Waals surface area contributed by atoms with E-state index in [-0.39, 0.29) is 29.7 Å². The van der Waals surface area contributed by atoms with Crippen molar-refractivity contribution < 1.29 is 18.6 Å². The molecule has 0 saturated carbocycles. The van der Waals surface area contributed by atoms with Gasteiger partial charge in [0.15, 0.2) is 0 Å². The van der Waals surface area contributed by atoms with Gasteiger partial charge >= 0.3 is 0 Å². The molecule has 0 saturated heterocycles. The summed E-state index contributed by atoms with van der Waals surface area (Å²) in [6.45, 7) is 6.28. The summed E-state index contributed by atoms with van der Waals surface area (Å²) in [5.41, 5.74) is -0.371. The number of aromatic amines is 1. The molecule has 4 nitrogen and oxygen atoms in total. The van der Waals surface area contributed by atoms with Crippen molar-refractivity contribution >= 4 is 10.8 Å². The summed E-state index contributed by atoms with van der Waals surface area (Å²) in [7, 11) is 0. The molecule has 0 amide bonds. The molecule has 2 rings (SSSR count). The second kappa shape index (κ2) is 7.14. The average Bonchev–Trinajstić information content (AvgIpc) is 2.36. The van der Waals surface area contributed by atoms with Crippen LogP contribution in [0.1, 0.15) is 20.8 Å². The Morgan fingerprint density at radius 2 is 1.65 bits per heavy atom. The number of rotatable bonds is 1. The van der Waals surface area contributed by atoms with Gasteiger partial charge in [-0.2, -0.15) is 0 Å². The number of H-pyrrole nitrogens is 1. The third-order valence-electron chi connectivity index (χ3n) is 2.20. The predicted octanol–water partition coefficient (Wildman–Crippen LogP) is 1.73. The van der Waals surface area contributed by atoms with Crippen molar-refractivity contribution in [3.8, 4) is 0 Å². The number of nitrogens with one attached hydrogen (secondary N) is 1. The first-order valence-corrected chi connectivity index (χ1v) is 5.46. The van der Waals surface area contributed by atoms with E-state index in [0.29, 0.717) is 17.3 Å². The Labute approximate surface area is 112 Å². The van der Waals surface area contributed by atoms with E-state index in [4.69, 9.17) is 0 Å². The van der Waals surface area contributed by atoms with Gasteiger partial charge in [-0.25, -0.2) is 4.68 Å². The number of benzene rings is 1. The van der Waals surface area contributed by atoms with Crippen LogP contribution in [0.5, 0.6) is 0 Å². The Kier molecular flexibility index (Phi) is 6.62. The second-order valence-corrected chi connectivity index (χ2v) is 3.04. The zero-order valence-corrected chi connectivity index (χ0v) is 11.6. The molecule has 5 heteroatoms. The Morgan fingerprint density at radius 1 is 1.12 bits per heavy atom. The minimum Gasteiger partial charge on any atom is -0.267 e. The smallest absolute Gasteiger partial charge is 0.267 e. The van der Waals surface area contributed by atoms with E-state index >= 15 is 0 Å². The molecule has 0 aliphatic carbocycles. The van der Waals surface area contributed by atoms with Crippen LogP contribution in [-0.4, -0.2) is 9.78 Å². The number of aromatic nitrogens is 2. The maximum Gasteiger partial charge on any atom is 0.273 e. The molecule has 1 aromatic heterocycles. The van der Waals surface area contributed by atoms with Crippen LogP contribution in [0.2, 0.25) is 0 Å². The Balaban J connectivity index is 0.000000811. The number of hydrogen-bond acceptors (Lipinski definition) is 2. The maximum absolute atomic E-state index is 11.7. The Bertz CT molecular complexity index is 587. The van der Waals surface area contributed by atoms with Crippen molar-refractivity contribution in [3.63, 3.8) is 0 Å². The molecule has 1 radical (unpaired) electrons. The van der Waals surface area contributed by atoms with E-state index in [0.717, 1.165) is 0 Å². The summed E-state index contributed by atoms with van der Waals surface area (Å²) in [4.78, 5) is 23.2. The number of hydrogen-bond donors (Lipinski definition) is 1. The molecule has 1 N–H and O–H groups in total. The summed E-state index contributed by atoms with van der Waals surface area (Å²) in [5.74, 6) is 0. The van der Waals surface area contributed by atoms with Gasteiger partial charge in [0.25, 0.3) is 11.1 Å². The van der Waals surface area contributed by atoms with Gasteiger partial charge in [0.2, 0.25) is 0 Å². The van der Waals surface area contributed by atoms with Crippen LogP contribution in [0, 0.1) is 0 Å². The Hall–Kier alpha value is -1.26. The van der Waals surface area contributed by atoms with Crippen LogP contribution in [0.4, 0.5) is 0 Å². The fourth-order valence-corrected chi connectivity index (χ4v) is 1.47. The van der Waals surface area contributed by atoms with E-state index in [1.807, 2.05) is 20.8 Å². The molecular weight excluding hydrogens is 255 g/mol. The summed E-state index contributed by atoms with van der Waals surface area (Å²) < 4.78 is 1.31. The van der Waals surface area contributed by atoms with E-state index in [9.17, 15) is 9.59 Å². The van der Waals surface area contributed by atoms with Crippen molar-refractivity contribution in [1.29, 1.82) is 0 Å². The zero-order chi connectivity index (χ0) is 12.1. The fraction of sp³-hybridized carbons (Fsp3) is 0.333. The van der Waals surface area contributed by atoms with Gasteiger partial charge in [0.1, 0.15) is 0 Å². The first kappa shape index (κ1) is 15.7. The van der Waals surface area contributed by atoms with Crippen LogP contribution in [0.3, 0.4) is 0 Å². The van der Waals surface area contributed by atoms with Crippen LogP contribution in [-0.2, 0) is 25.1 Å². The van der Waals surface area contributed by atoms with E-state index < -0.39 is 0 Å². The van der Waals surface area contributed by atoms with Gasteiger partial charge in [-0.1, -0.05) is 26.0 Å². The molecule has 0 unspecified atom stereocenters. The first-order chi connectivity index (χ1) is 7.74. The maximum atomic E-state index is 11.7. The molecule has 0 aliphatic heterocycles. The predicted molar refractivity (Wildman–Crippen MR) is 65.9 cm³/mol. The van der Waals surface area contributed by atoms with Crippen molar-refractivity contribution in [3.05, 3.63) is 45.0 Å². The average molecular weight is 271 g/mol. The van der Waals surface area contributed by atoms with E-state index in [2.05, 4.69) is 5.10 Å². The molecule has 1 aromatic carbocycles. The van der Waals surface area contributed by atoms with Crippen LogP contribution >= 0.6 is 0 Å². The van der Waals surface area contributed by atoms with Gasteiger partial charge in [-0.05, 0) is 19.1 Å². The van der Waals surface area contributed by atoms with Crippen molar-refractivity contribution in [1.82, 2.24) is 9.78 Å². The third kappa shape index (κ3) is 3.11. The van der Waals surface area contributed by atoms with Gasteiger partial charge in [-0.15, -0.1) is 0 Å². The van der Waals surface area contributed by atoms with Crippen LogP contribution in [0.15, 0.2) is 33.9 Å². The van der Waals surface area contributed by atoms with E-state index in [1.165, 1.54) is 4.68 Å². The number of fused-ring (bicyclic) bond motifs is 1. The molecule has 0 spiro atoms. The zero-order valence-electron chi connectivity index (χ0n) is 10.2. The van der Waals surface area contributed by atoms with Gasteiger partial charge in [0.05, 0.1) is 10.8 Å². The molecule has 0 atom stereocenters. The number of aryl methyl sites for hydroxylation is 1. The summed E-state index contributed by atoms with van der Waals surface area (Å²) >= 11 is 0. The fourth-order valence-electron chi connectivity index (χ4n) is 1.47. The monoisotopic (exact) mass is 271 g/mol.